The van der Waals surface area contributed by atoms with Crippen LogP contribution < -0.4 is 5.73 Å². The van der Waals surface area contributed by atoms with Gasteiger partial charge >= 0.3 is 11.9 Å². The molecule has 6 nitrogen and oxygen atoms in total. The minimum atomic E-state index is -0.954. The van der Waals surface area contributed by atoms with Gasteiger partial charge in [0, 0.05) is 25.2 Å². The molecule has 0 fully saturated rings. The highest BCUT2D eigenvalue weighted by molar-refractivity contribution is 6.07. The van der Waals surface area contributed by atoms with Crippen LogP contribution in [-0.4, -0.2) is 23.9 Å². The Labute approximate surface area is 111 Å². The van der Waals surface area contributed by atoms with E-state index in [0.29, 0.717) is 11.3 Å². The molecule has 3 N–H and O–H groups in total. The number of carbonyl (C=O) groups is 2. The van der Waals surface area contributed by atoms with Gasteiger partial charge < -0.3 is 20.6 Å². The standard InChI is InChI=1S/C13H16N2O4/c1-8(16)18-9(2)19-13(17)7-12(15)10-3-5-11(14)6-4-10/h3-6,9,15H,7,14H2,1-2H3. The number of nitrogens with one attached hydrogen (secondary N) is 1. The van der Waals surface area contributed by atoms with Crippen molar-refractivity contribution in [1.29, 1.82) is 5.41 Å². The first kappa shape index (κ1) is 14.7. The minimum absolute atomic E-state index is 0.111. The fourth-order valence-electron chi connectivity index (χ4n) is 1.42. The first-order valence-corrected chi connectivity index (χ1v) is 5.68. The summed E-state index contributed by atoms with van der Waals surface area (Å²) in [6.07, 6.45) is -1.15. The Bertz CT molecular complexity index is 482. The first-order chi connectivity index (χ1) is 8.88. The van der Waals surface area contributed by atoms with Gasteiger partial charge in [0.25, 0.3) is 0 Å². The number of rotatable bonds is 5. The number of hydrogen-bond donors (Lipinski definition) is 2. The van der Waals surface area contributed by atoms with Gasteiger partial charge in [0.05, 0.1) is 6.42 Å². The van der Waals surface area contributed by atoms with Crippen molar-refractivity contribution < 1.29 is 19.1 Å². The summed E-state index contributed by atoms with van der Waals surface area (Å²) in [5.41, 5.74) is 6.82. The molecule has 1 atom stereocenters. The number of nitrogens with two attached hydrogens (primary N) is 1. The highest BCUT2D eigenvalue weighted by Crippen LogP contribution is 2.09. The number of hydrogen-bond acceptors (Lipinski definition) is 6. The topological polar surface area (TPSA) is 102 Å². The molecule has 0 heterocycles. The van der Waals surface area contributed by atoms with E-state index in [-0.39, 0.29) is 12.1 Å². The van der Waals surface area contributed by atoms with Crippen molar-refractivity contribution in [3.8, 4) is 0 Å². The highest BCUT2D eigenvalue weighted by atomic mass is 16.7. The molecule has 102 valence electrons. The fourth-order valence-corrected chi connectivity index (χ4v) is 1.42. The van der Waals surface area contributed by atoms with Gasteiger partial charge in [-0.2, -0.15) is 0 Å². The van der Waals surface area contributed by atoms with E-state index in [1.54, 1.807) is 24.3 Å². The van der Waals surface area contributed by atoms with Crippen LogP contribution in [0.1, 0.15) is 25.8 Å². The summed E-state index contributed by atoms with van der Waals surface area (Å²) in [6.45, 7) is 2.66. The molecule has 0 bridgehead atoms. The Morgan fingerprint density at radius 2 is 1.84 bits per heavy atom. The van der Waals surface area contributed by atoms with Gasteiger partial charge in [0.2, 0.25) is 6.29 Å². The molecular formula is C13H16N2O4. The molecule has 0 aliphatic carbocycles. The number of ether oxygens (including phenoxy) is 2. The summed E-state index contributed by atoms with van der Waals surface area (Å²) in [5.74, 6) is -1.16. The lowest BCUT2D eigenvalue weighted by atomic mass is 10.1. The molecule has 0 aromatic heterocycles. The van der Waals surface area contributed by atoms with E-state index in [2.05, 4.69) is 4.74 Å². The quantitative estimate of drug-likeness (QED) is 0.363. The maximum atomic E-state index is 11.5. The summed E-state index contributed by atoms with van der Waals surface area (Å²) < 4.78 is 9.48. The summed E-state index contributed by atoms with van der Waals surface area (Å²) in [4.78, 5) is 22.2. The van der Waals surface area contributed by atoms with Crippen LogP contribution in [-0.2, 0) is 19.1 Å². The molecule has 0 aliphatic rings. The smallest absolute Gasteiger partial charge is 0.314 e. The molecule has 0 saturated carbocycles. The molecule has 0 aliphatic heterocycles. The van der Waals surface area contributed by atoms with Crippen molar-refractivity contribution in [2.24, 2.45) is 0 Å². The second-order valence-electron chi connectivity index (χ2n) is 3.94. The van der Waals surface area contributed by atoms with Gasteiger partial charge in [-0.15, -0.1) is 0 Å². The van der Waals surface area contributed by atoms with Crippen LogP contribution >= 0.6 is 0 Å². The molecule has 0 amide bonds. The first-order valence-electron chi connectivity index (χ1n) is 5.68. The van der Waals surface area contributed by atoms with Crippen LogP contribution in [0.3, 0.4) is 0 Å². The largest absolute Gasteiger partial charge is 0.426 e. The van der Waals surface area contributed by atoms with E-state index in [1.807, 2.05) is 0 Å². The normalized spacial score (nSPS) is 11.5. The number of nitrogen functional groups attached to an aromatic ring is 1. The molecule has 6 heteroatoms. The summed E-state index contributed by atoms with van der Waals surface area (Å²) >= 11 is 0. The van der Waals surface area contributed by atoms with E-state index in [9.17, 15) is 9.59 Å². The molecule has 0 saturated heterocycles. The van der Waals surface area contributed by atoms with Crippen molar-refractivity contribution in [2.75, 3.05) is 5.73 Å². The predicted molar refractivity (Wildman–Crippen MR) is 69.6 cm³/mol. The zero-order valence-corrected chi connectivity index (χ0v) is 10.8. The average molecular weight is 264 g/mol. The predicted octanol–water partition coefficient (Wildman–Crippen LogP) is 1.48. The van der Waals surface area contributed by atoms with Gasteiger partial charge in [0.1, 0.15) is 0 Å². The van der Waals surface area contributed by atoms with E-state index < -0.39 is 18.2 Å². The van der Waals surface area contributed by atoms with Crippen molar-refractivity contribution in [1.82, 2.24) is 0 Å². The van der Waals surface area contributed by atoms with Crippen LogP contribution in [0.25, 0.3) is 0 Å². The monoisotopic (exact) mass is 264 g/mol. The van der Waals surface area contributed by atoms with Gasteiger partial charge in [0.15, 0.2) is 0 Å². The Balaban J connectivity index is 2.50. The van der Waals surface area contributed by atoms with Crippen molar-refractivity contribution >= 4 is 23.3 Å². The maximum absolute atomic E-state index is 11.5. The van der Waals surface area contributed by atoms with Gasteiger partial charge in [-0.3, -0.25) is 9.59 Å². The molecule has 1 unspecified atom stereocenters. The van der Waals surface area contributed by atoms with Gasteiger partial charge in [-0.25, -0.2) is 0 Å². The lowest BCUT2D eigenvalue weighted by molar-refractivity contribution is -0.181. The Kier molecular flexibility index (Phi) is 5.05. The van der Waals surface area contributed by atoms with E-state index in [4.69, 9.17) is 15.9 Å². The molecule has 1 aromatic carbocycles. The molecular weight excluding hydrogens is 248 g/mol. The SMILES string of the molecule is CC(=O)OC(C)OC(=O)CC(=N)c1ccc(N)cc1. The molecule has 19 heavy (non-hydrogen) atoms. The minimum Gasteiger partial charge on any atom is -0.426 e. The lowest BCUT2D eigenvalue weighted by Crippen LogP contribution is -2.22. The van der Waals surface area contributed by atoms with Gasteiger partial charge in [-0.1, -0.05) is 12.1 Å². The number of benzene rings is 1. The van der Waals surface area contributed by atoms with Crippen molar-refractivity contribution in [3.05, 3.63) is 29.8 Å². The third-order valence-corrected chi connectivity index (χ3v) is 2.21. The zero-order chi connectivity index (χ0) is 14.4. The van der Waals surface area contributed by atoms with Crippen LogP contribution in [0, 0.1) is 5.41 Å². The third-order valence-electron chi connectivity index (χ3n) is 2.21. The Morgan fingerprint density at radius 3 is 2.37 bits per heavy atom. The average Bonchev–Trinajstić information content (AvgIpc) is 2.27. The molecule has 0 radical (unpaired) electrons. The van der Waals surface area contributed by atoms with E-state index in [1.165, 1.54) is 13.8 Å². The number of carbonyl (C=O) groups excluding carboxylic acids is 2. The van der Waals surface area contributed by atoms with Gasteiger partial charge in [-0.05, 0) is 17.7 Å². The summed E-state index contributed by atoms with van der Waals surface area (Å²) in [6, 6.07) is 6.61. The van der Waals surface area contributed by atoms with Crippen LogP contribution in [0.5, 0.6) is 0 Å². The number of anilines is 1. The second-order valence-corrected chi connectivity index (χ2v) is 3.94. The van der Waals surface area contributed by atoms with Crippen LogP contribution in [0.4, 0.5) is 5.69 Å². The van der Waals surface area contributed by atoms with Crippen LogP contribution in [0.2, 0.25) is 0 Å². The number of esters is 2. The zero-order valence-electron chi connectivity index (χ0n) is 10.8. The maximum Gasteiger partial charge on any atom is 0.314 e. The van der Waals surface area contributed by atoms with E-state index in [0.717, 1.165) is 0 Å². The Hall–Kier alpha value is -2.37. The summed E-state index contributed by atoms with van der Waals surface area (Å²) in [7, 11) is 0. The third kappa shape index (κ3) is 5.20. The lowest BCUT2D eigenvalue weighted by Gasteiger charge is -2.13. The molecule has 1 rings (SSSR count). The molecule has 1 aromatic rings. The van der Waals surface area contributed by atoms with Crippen molar-refractivity contribution in [2.45, 2.75) is 26.6 Å². The summed E-state index contributed by atoms with van der Waals surface area (Å²) in [5, 5.41) is 7.77. The van der Waals surface area contributed by atoms with E-state index >= 15 is 0 Å². The second kappa shape index (κ2) is 6.53. The Morgan fingerprint density at radius 1 is 1.26 bits per heavy atom. The molecule has 0 spiro atoms. The van der Waals surface area contributed by atoms with Crippen LogP contribution in [0.15, 0.2) is 24.3 Å². The van der Waals surface area contributed by atoms with Crippen molar-refractivity contribution in [3.63, 3.8) is 0 Å². The fraction of sp³-hybridized carbons (Fsp3) is 0.308. The highest BCUT2D eigenvalue weighted by Gasteiger charge is 2.14.